The van der Waals surface area contributed by atoms with E-state index in [1.54, 1.807) is 20.8 Å². The lowest BCUT2D eigenvalue weighted by atomic mass is 10.1. The summed E-state index contributed by atoms with van der Waals surface area (Å²) in [5.41, 5.74) is -0.686. The number of carbonyl (C=O) groups is 3. The van der Waals surface area contributed by atoms with Crippen molar-refractivity contribution in [3.63, 3.8) is 0 Å². The molecule has 3 N–H and O–H groups in total. The third-order valence-electron chi connectivity index (χ3n) is 2.37. The van der Waals surface area contributed by atoms with E-state index in [1.165, 1.54) is 0 Å². The van der Waals surface area contributed by atoms with Gasteiger partial charge in [0.15, 0.2) is 0 Å². The quantitative estimate of drug-likeness (QED) is 0.589. The van der Waals surface area contributed by atoms with Gasteiger partial charge in [0.25, 0.3) is 0 Å². The number of ether oxygens (including phenoxy) is 1. The van der Waals surface area contributed by atoms with E-state index in [-0.39, 0.29) is 12.8 Å². The van der Waals surface area contributed by atoms with Gasteiger partial charge < -0.3 is 20.3 Å². The summed E-state index contributed by atoms with van der Waals surface area (Å²) in [4.78, 5) is 32.8. The van der Waals surface area contributed by atoms with Gasteiger partial charge in [-0.2, -0.15) is 0 Å². The Morgan fingerprint density at radius 2 is 1.70 bits per heavy atom. The van der Waals surface area contributed by atoms with E-state index in [9.17, 15) is 14.4 Å². The lowest BCUT2D eigenvalue weighted by molar-refractivity contribution is -0.140. The standard InChI is InChI=1S/C13H23NO6/c1-13(2,3)20-12(19)14-9(11(17)18)7-5-4-6-8-10(15)16/h9H,4-8H2,1-3H3,(H,14,19)(H,15,16)(H,17,18). The number of carboxylic acids is 2. The number of aliphatic carboxylic acids is 2. The van der Waals surface area contributed by atoms with Gasteiger partial charge in [0.2, 0.25) is 0 Å². The smallest absolute Gasteiger partial charge is 0.408 e. The fraction of sp³-hybridized carbons (Fsp3) is 0.769. The SMILES string of the molecule is CC(C)(C)OC(=O)NC(CCCCCC(=O)O)C(=O)O. The third kappa shape index (κ3) is 10.2. The highest BCUT2D eigenvalue weighted by Gasteiger charge is 2.23. The molecule has 0 rings (SSSR count). The van der Waals surface area contributed by atoms with Crippen LogP contribution in [-0.4, -0.2) is 39.9 Å². The van der Waals surface area contributed by atoms with Crippen molar-refractivity contribution in [3.8, 4) is 0 Å². The fourth-order valence-corrected chi connectivity index (χ4v) is 1.51. The Labute approximate surface area is 118 Å². The fourth-order valence-electron chi connectivity index (χ4n) is 1.51. The number of amides is 1. The Kier molecular flexibility index (Phi) is 7.64. The molecule has 0 saturated carbocycles. The molecule has 0 aromatic carbocycles. The van der Waals surface area contributed by atoms with Crippen LogP contribution >= 0.6 is 0 Å². The second kappa shape index (κ2) is 8.39. The monoisotopic (exact) mass is 289 g/mol. The van der Waals surface area contributed by atoms with Crippen molar-refractivity contribution in [3.05, 3.63) is 0 Å². The van der Waals surface area contributed by atoms with Crippen LogP contribution in [0.1, 0.15) is 52.9 Å². The molecule has 0 bridgehead atoms. The minimum absolute atomic E-state index is 0.0667. The summed E-state index contributed by atoms with van der Waals surface area (Å²) in [6.45, 7) is 5.07. The van der Waals surface area contributed by atoms with Crippen LogP contribution in [0.3, 0.4) is 0 Å². The molecule has 0 aromatic heterocycles. The first-order valence-electron chi connectivity index (χ1n) is 6.56. The molecule has 20 heavy (non-hydrogen) atoms. The Morgan fingerprint density at radius 1 is 1.10 bits per heavy atom. The summed E-state index contributed by atoms with van der Waals surface area (Å²) in [5, 5.41) is 19.8. The molecule has 0 aliphatic heterocycles. The zero-order valence-electron chi connectivity index (χ0n) is 12.1. The molecule has 0 radical (unpaired) electrons. The number of hydrogen-bond donors (Lipinski definition) is 3. The average Bonchev–Trinajstić information content (AvgIpc) is 2.23. The van der Waals surface area contributed by atoms with Crippen molar-refractivity contribution in [1.82, 2.24) is 5.32 Å². The van der Waals surface area contributed by atoms with E-state index in [0.717, 1.165) is 0 Å². The van der Waals surface area contributed by atoms with E-state index < -0.39 is 29.7 Å². The van der Waals surface area contributed by atoms with E-state index >= 15 is 0 Å². The van der Waals surface area contributed by atoms with Crippen molar-refractivity contribution in [1.29, 1.82) is 0 Å². The Hall–Kier alpha value is -1.79. The molecular weight excluding hydrogens is 266 g/mol. The van der Waals surface area contributed by atoms with Crippen molar-refractivity contribution < 1.29 is 29.3 Å². The molecule has 0 fully saturated rings. The normalized spacial score (nSPS) is 12.6. The highest BCUT2D eigenvalue weighted by Crippen LogP contribution is 2.09. The lowest BCUT2D eigenvalue weighted by Crippen LogP contribution is -2.43. The number of carboxylic acid groups (broad SMARTS) is 2. The van der Waals surface area contributed by atoms with Crippen LogP contribution in [0, 0.1) is 0 Å². The van der Waals surface area contributed by atoms with E-state index in [2.05, 4.69) is 5.32 Å². The van der Waals surface area contributed by atoms with Crippen molar-refractivity contribution in [2.75, 3.05) is 0 Å². The van der Waals surface area contributed by atoms with Crippen molar-refractivity contribution in [2.24, 2.45) is 0 Å². The molecule has 1 amide bonds. The van der Waals surface area contributed by atoms with Gasteiger partial charge >= 0.3 is 18.0 Å². The highest BCUT2D eigenvalue weighted by molar-refractivity contribution is 5.79. The molecule has 7 heteroatoms. The van der Waals surface area contributed by atoms with Gasteiger partial charge in [-0.15, -0.1) is 0 Å². The summed E-state index contributed by atoms with van der Waals surface area (Å²) < 4.78 is 4.99. The van der Waals surface area contributed by atoms with Crippen LogP contribution in [0.5, 0.6) is 0 Å². The predicted molar refractivity (Wildman–Crippen MR) is 71.5 cm³/mol. The van der Waals surface area contributed by atoms with Crippen LogP contribution in [0.4, 0.5) is 4.79 Å². The Balaban J connectivity index is 4.08. The molecule has 1 unspecified atom stereocenters. The zero-order valence-corrected chi connectivity index (χ0v) is 12.1. The molecular formula is C13H23NO6. The molecule has 7 nitrogen and oxygen atoms in total. The molecule has 1 atom stereocenters. The van der Waals surface area contributed by atoms with E-state index in [1.807, 2.05) is 0 Å². The van der Waals surface area contributed by atoms with Crippen molar-refractivity contribution in [2.45, 2.75) is 64.5 Å². The largest absolute Gasteiger partial charge is 0.481 e. The molecule has 0 aromatic rings. The lowest BCUT2D eigenvalue weighted by Gasteiger charge is -2.22. The number of nitrogens with one attached hydrogen (secondary N) is 1. The first-order valence-corrected chi connectivity index (χ1v) is 6.56. The topological polar surface area (TPSA) is 113 Å². The third-order valence-corrected chi connectivity index (χ3v) is 2.37. The van der Waals surface area contributed by atoms with Crippen LogP contribution < -0.4 is 5.32 Å². The number of unbranched alkanes of at least 4 members (excludes halogenated alkanes) is 2. The van der Waals surface area contributed by atoms with E-state index in [4.69, 9.17) is 14.9 Å². The van der Waals surface area contributed by atoms with Gasteiger partial charge in [0, 0.05) is 6.42 Å². The van der Waals surface area contributed by atoms with Crippen LogP contribution in [0.2, 0.25) is 0 Å². The molecule has 0 spiro atoms. The van der Waals surface area contributed by atoms with Crippen LogP contribution in [0.15, 0.2) is 0 Å². The predicted octanol–water partition coefficient (Wildman–Crippen LogP) is 2.00. The maximum atomic E-state index is 11.5. The zero-order chi connectivity index (χ0) is 15.8. The number of rotatable bonds is 8. The van der Waals surface area contributed by atoms with Crippen molar-refractivity contribution >= 4 is 18.0 Å². The number of alkyl carbamates (subject to hydrolysis) is 1. The van der Waals surface area contributed by atoms with Gasteiger partial charge in [0.05, 0.1) is 0 Å². The minimum atomic E-state index is -1.13. The van der Waals surface area contributed by atoms with Crippen LogP contribution in [0.25, 0.3) is 0 Å². The molecule has 0 aliphatic carbocycles. The maximum absolute atomic E-state index is 11.5. The van der Waals surface area contributed by atoms with Gasteiger partial charge in [-0.05, 0) is 33.6 Å². The Morgan fingerprint density at radius 3 is 2.15 bits per heavy atom. The van der Waals surface area contributed by atoms with Gasteiger partial charge in [-0.3, -0.25) is 4.79 Å². The molecule has 0 heterocycles. The summed E-state index contributed by atoms with van der Waals surface area (Å²) in [6, 6.07) is -1.02. The summed E-state index contributed by atoms with van der Waals surface area (Å²) in [6.07, 6.45) is 1.17. The summed E-state index contributed by atoms with van der Waals surface area (Å²) in [7, 11) is 0. The summed E-state index contributed by atoms with van der Waals surface area (Å²) >= 11 is 0. The molecule has 116 valence electrons. The molecule has 0 aliphatic rings. The first-order chi connectivity index (χ1) is 9.11. The first kappa shape index (κ1) is 18.2. The summed E-state index contributed by atoms with van der Waals surface area (Å²) in [5.74, 6) is -2.00. The molecule has 0 saturated heterocycles. The average molecular weight is 289 g/mol. The Bertz CT molecular complexity index is 347. The number of hydrogen-bond acceptors (Lipinski definition) is 4. The highest BCUT2D eigenvalue weighted by atomic mass is 16.6. The van der Waals surface area contributed by atoms with Gasteiger partial charge in [-0.25, -0.2) is 9.59 Å². The second-order valence-electron chi connectivity index (χ2n) is 5.53. The second-order valence-corrected chi connectivity index (χ2v) is 5.53. The number of carbonyl (C=O) groups excluding carboxylic acids is 1. The minimum Gasteiger partial charge on any atom is -0.481 e. The van der Waals surface area contributed by atoms with E-state index in [0.29, 0.717) is 19.3 Å². The van der Waals surface area contributed by atoms with Gasteiger partial charge in [-0.1, -0.05) is 12.8 Å². The van der Waals surface area contributed by atoms with Crippen LogP contribution in [-0.2, 0) is 14.3 Å². The van der Waals surface area contributed by atoms with Gasteiger partial charge in [0.1, 0.15) is 11.6 Å². The maximum Gasteiger partial charge on any atom is 0.408 e.